The van der Waals surface area contributed by atoms with Crippen LogP contribution < -0.4 is 5.32 Å². The van der Waals surface area contributed by atoms with Gasteiger partial charge < -0.3 is 14.9 Å². The molecule has 5 nitrogen and oxygen atoms in total. The highest BCUT2D eigenvalue weighted by molar-refractivity contribution is 6.04. The van der Waals surface area contributed by atoms with Gasteiger partial charge in [-0.15, -0.1) is 0 Å². The van der Waals surface area contributed by atoms with Crippen molar-refractivity contribution < 1.29 is 4.79 Å². The quantitative estimate of drug-likeness (QED) is 0.541. The van der Waals surface area contributed by atoms with E-state index in [1.165, 1.54) is 6.08 Å². The summed E-state index contributed by atoms with van der Waals surface area (Å²) in [5.41, 5.74) is 5.59. The number of H-pyrrole nitrogens is 1. The molecule has 4 aromatic rings. The third-order valence-corrected chi connectivity index (χ3v) is 4.25. The Labute approximate surface area is 151 Å². The Morgan fingerprint density at radius 2 is 2.04 bits per heavy atom. The third kappa shape index (κ3) is 2.91. The molecule has 0 bridgehead atoms. The van der Waals surface area contributed by atoms with E-state index in [0.717, 1.165) is 33.4 Å². The van der Waals surface area contributed by atoms with Crippen LogP contribution in [-0.4, -0.2) is 20.4 Å². The number of carbonyl (C=O) groups excluding carboxylic acids is 1. The van der Waals surface area contributed by atoms with Crippen LogP contribution in [0.3, 0.4) is 0 Å². The summed E-state index contributed by atoms with van der Waals surface area (Å²) in [6, 6.07) is 16.1. The number of hydrogen-bond donors (Lipinski definition) is 2. The predicted octanol–water partition coefficient (Wildman–Crippen LogP) is 4.36. The fraction of sp³-hybridized carbons (Fsp3) is 0.0476. The standard InChI is InChI=1S/C21H18N4O/c1-3-20(26)23-16-9-15-10-18(14-7-5-4-6-8-14)24-21(15)17(11-16)19-12-25(2)13-22-19/h3-13,24H,1H2,2H3,(H,23,26). The number of hydrogen-bond acceptors (Lipinski definition) is 2. The summed E-state index contributed by atoms with van der Waals surface area (Å²) < 4.78 is 1.90. The molecule has 2 aromatic carbocycles. The Balaban J connectivity index is 1.91. The molecule has 2 aromatic heterocycles. The molecule has 128 valence electrons. The second kappa shape index (κ2) is 6.37. The van der Waals surface area contributed by atoms with Gasteiger partial charge in [0, 0.05) is 35.6 Å². The topological polar surface area (TPSA) is 62.7 Å². The SMILES string of the molecule is C=CC(=O)Nc1cc(-c2cn(C)cn2)c2[nH]c(-c3ccccc3)cc2c1. The molecule has 0 saturated carbocycles. The Morgan fingerprint density at radius 1 is 1.23 bits per heavy atom. The average molecular weight is 342 g/mol. The number of nitrogens with one attached hydrogen (secondary N) is 2. The van der Waals surface area contributed by atoms with E-state index in [2.05, 4.69) is 40.1 Å². The zero-order valence-electron chi connectivity index (χ0n) is 14.4. The first-order chi connectivity index (χ1) is 12.6. The zero-order chi connectivity index (χ0) is 18.1. The monoisotopic (exact) mass is 342 g/mol. The number of aromatic nitrogens is 3. The van der Waals surface area contributed by atoms with E-state index < -0.39 is 0 Å². The van der Waals surface area contributed by atoms with Crippen molar-refractivity contribution >= 4 is 22.5 Å². The summed E-state index contributed by atoms with van der Waals surface area (Å²) in [6.45, 7) is 3.51. The van der Waals surface area contributed by atoms with Crippen molar-refractivity contribution in [2.24, 2.45) is 7.05 Å². The Hall–Kier alpha value is -3.60. The molecular weight excluding hydrogens is 324 g/mol. The first-order valence-electron chi connectivity index (χ1n) is 8.28. The van der Waals surface area contributed by atoms with Gasteiger partial charge in [-0.05, 0) is 29.8 Å². The molecule has 26 heavy (non-hydrogen) atoms. The van der Waals surface area contributed by atoms with E-state index in [1.54, 1.807) is 6.33 Å². The number of nitrogens with zero attached hydrogens (tertiary/aromatic N) is 2. The fourth-order valence-electron chi connectivity index (χ4n) is 3.04. The molecule has 0 saturated heterocycles. The first kappa shape index (κ1) is 15.9. The second-order valence-corrected chi connectivity index (χ2v) is 6.15. The number of aromatic amines is 1. The lowest BCUT2D eigenvalue weighted by Gasteiger charge is -2.06. The summed E-state index contributed by atoms with van der Waals surface area (Å²) in [5, 5.41) is 3.85. The van der Waals surface area contributed by atoms with Crippen molar-refractivity contribution in [1.29, 1.82) is 0 Å². The van der Waals surface area contributed by atoms with E-state index in [-0.39, 0.29) is 5.91 Å². The third-order valence-electron chi connectivity index (χ3n) is 4.25. The van der Waals surface area contributed by atoms with Crippen molar-refractivity contribution in [2.75, 3.05) is 5.32 Å². The van der Waals surface area contributed by atoms with Gasteiger partial charge in [-0.3, -0.25) is 4.79 Å². The number of rotatable bonds is 4. The van der Waals surface area contributed by atoms with Crippen molar-refractivity contribution in [2.45, 2.75) is 0 Å². The van der Waals surface area contributed by atoms with Crippen molar-refractivity contribution in [3.05, 3.63) is 73.7 Å². The van der Waals surface area contributed by atoms with E-state index in [0.29, 0.717) is 5.69 Å². The van der Waals surface area contributed by atoms with Gasteiger partial charge in [0.15, 0.2) is 0 Å². The van der Waals surface area contributed by atoms with Gasteiger partial charge in [-0.1, -0.05) is 36.9 Å². The van der Waals surface area contributed by atoms with Crippen molar-refractivity contribution in [3.8, 4) is 22.5 Å². The van der Waals surface area contributed by atoms with Crippen LogP contribution in [0.25, 0.3) is 33.4 Å². The molecule has 0 radical (unpaired) electrons. The normalized spacial score (nSPS) is 10.8. The number of anilines is 1. The highest BCUT2D eigenvalue weighted by Crippen LogP contribution is 2.34. The fourth-order valence-corrected chi connectivity index (χ4v) is 3.04. The second-order valence-electron chi connectivity index (χ2n) is 6.15. The minimum Gasteiger partial charge on any atom is -0.354 e. The molecule has 0 unspecified atom stereocenters. The van der Waals surface area contributed by atoms with Crippen molar-refractivity contribution in [3.63, 3.8) is 0 Å². The van der Waals surface area contributed by atoms with Gasteiger partial charge in [0.25, 0.3) is 0 Å². The minimum atomic E-state index is -0.241. The number of imidazole rings is 1. The minimum absolute atomic E-state index is 0.241. The maximum atomic E-state index is 11.7. The maximum Gasteiger partial charge on any atom is 0.247 e. The van der Waals surface area contributed by atoms with Crippen LogP contribution in [0.5, 0.6) is 0 Å². The molecule has 0 aliphatic heterocycles. The number of benzene rings is 2. The van der Waals surface area contributed by atoms with Gasteiger partial charge in [0.1, 0.15) is 0 Å². The van der Waals surface area contributed by atoms with E-state index in [9.17, 15) is 4.79 Å². The molecule has 2 N–H and O–H groups in total. The highest BCUT2D eigenvalue weighted by Gasteiger charge is 2.13. The van der Waals surface area contributed by atoms with Gasteiger partial charge in [-0.2, -0.15) is 0 Å². The maximum absolute atomic E-state index is 11.7. The number of amides is 1. The lowest BCUT2D eigenvalue weighted by molar-refractivity contribution is -0.111. The van der Waals surface area contributed by atoms with E-state index in [4.69, 9.17) is 0 Å². The van der Waals surface area contributed by atoms with Crippen LogP contribution in [0.4, 0.5) is 5.69 Å². The summed E-state index contributed by atoms with van der Waals surface area (Å²) in [7, 11) is 1.93. The molecule has 0 spiro atoms. The van der Waals surface area contributed by atoms with Crippen LogP contribution in [0, 0.1) is 0 Å². The molecular formula is C21H18N4O. The van der Waals surface area contributed by atoms with E-state index in [1.807, 2.05) is 48.1 Å². The lowest BCUT2D eigenvalue weighted by atomic mass is 10.1. The van der Waals surface area contributed by atoms with Crippen LogP contribution in [0.15, 0.2) is 73.7 Å². The van der Waals surface area contributed by atoms with Crippen LogP contribution >= 0.6 is 0 Å². The molecule has 0 fully saturated rings. The van der Waals surface area contributed by atoms with Crippen molar-refractivity contribution in [1.82, 2.24) is 14.5 Å². The van der Waals surface area contributed by atoms with Crippen LogP contribution in [-0.2, 0) is 11.8 Å². The molecule has 0 atom stereocenters. The lowest BCUT2D eigenvalue weighted by Crippen LogP contribution is -2.07. The number of fused-ring (bicyclic) bond motifs is 1. The van der Waals surface area contributed by atoms with Crippen LogP contribution in [0.2, 0.25) is 0 Å². The molecule has 0 aliphatic rings. The average Bonchev–Trinajstić information content (AvgIpc) is 3.28. The smallest absolute Gasteiger partial charge is 0.247 e. The number of carbonyl (C=O) groups is 1. The molecule has 5 heteroatoms. The molecule has 2 heterocycles. The van der Waals surface area contributed by atoms with Gasteiger partial charge in [0.05, 0.1) is 17.5 Å². The summed E-state index contributed by atoms with van der Waals surface area (Å²) in [5.74, 6) is -0.241. The van der Waals surface area contributed by atoms with Gasteiger partial charge in [0.2, 0.25) is 5.91 Å². The summed E-state index contributed by atoms with van der Waals surface area (Å²) in [6.07, 6.45) is 4.98. The predicted molar refractivity (Wildman–Crippen MR) is 105 cm³/mol. The Kier molecular flexibility index (Phi) is 3.89. The summed E-state index contributed by atoms with van der Waals surface area (Å²) in [4.78, 5) is 19.7. The molecule has 1 amide bonds. The van der Waals surface area contributed by atoms with Gasteiger partial charge in [-0.25, -0.2) is 4.98 Å². The number of aryl methyl sites for hydroxylation is 1. The largest absolute Gasteiger partial charge is 0.354 e. The Bertz CT molecular complexity index is 1110. The Morgan fingerprint density at radius 3 is 2.73 bits per heavy atom. The highest BCUT2D eigenvalue weighted by atomic mass is 16.1. The van der Waals surface area contributed by atoms with E-state index >= 15 is 0 Å². The molecule has 4 rings (SSSR count). The molecule has 0 aliphatic carbocycles. The summed E-state index contributed by atoms with van der Waals surface area (Å²) >= 11 is 0. The van der Waals surface area contributed by atoms with Gasteiger partial charge >= 0.3 is 0 Å². The zero-order valence-corrected chi connectivity index (χ0v) is 14.4. The van der Waals surface area contributed by atoms with Crippen LogP contribution in [0.1, 0.15) is 0 Å². The first-order valence-corrected chi connectivity index (χ1v) is 8.28.